The molecule has 3 aliphatic carbocycles. The first kappa shape index (κ1) is 83.4. The minimum Gasteiger partial charge on any atom is -0.494 e. The van der Waals surface area contributed by atoms with Gasteiger partial charge in [0.2, 0.25) is 11.8 Å². The molecular weight excluding hydrogens is 1320 g/mol. The Balaban J connectivity index is 1.08. The molecule has 0 saturated heterocycles. The van der Waals surface area contributed by atoms with Crippen LogP contribution in [-0.4, -0.2) is 16.8 Å². The normalized spacial score (nSPS) is 13.9. The Bertz CT molecular complexity index is 4000. The summed E-state index contributed by atoms with van der Waals surface area (Å²) in [6.07, 6.45) is 61.3. The van der Waals surface area contributed by atoms with Crippen molar-refractivity contribution in [2.45, 2.75) is 387 Å². The molecule has 109 heavy (non-hydrogen) atoms. The summed E-state index contributed by atoms with van der Waals surface area (Å²) >= 11 is 0. The van der Waals surface area contributed by atoms with Gasteiger partial charge in [-0.1, -0.05) is 396 Å². The van der Waals surface area contributed by atoms with E-state index >= 15 is 0 Å². The van der Waals surface area contributed by atoms with Crippen molar-refractivity contribution in [3.63, 3.8) is 0 Å². The van der Waals surface area contributed by atoms with Gasteiger partial charge in [-0.3, -0.25) is 0 Å². The molecule has 1 heterocycles. The third kappa shape index (κ3) is 20.7. The zero-order valence-corrected chi connectivity index (χ0v) is 70.5. The Labute approximate surface area is 664 Å². The molecule has 0 bridgehead atoms. The van der Waals surface area contributed by atoms with Crippen molar-refractivity contribution in [1.29, 1.82) is 0 Å². The van der Waals surface area contributed by atoms with E-state index in [-0.39, 0.29) is 16.2 Å². The van der Waals surface area contributed by atoms with Crippen molar-refractivity contribution in [1.82, 2.24) is 10.2 Å². The number of benzene rings is 7. The van der Waals surface area contributed by atoms with E-state index in [9.17, 15) is 0 Å². The van der Waals surface area contributed by atoms with Gasteiger partial charge in [-0.05, 0) is 202 Å². The second-order valence-electron chi connectivity index (χ2n) is 34.7. The van der Waals surface area contributed by atoms with Gasteiger partial charge < -0.3 is 9.15 Å². The van der Waals surface area contributed by atoms with E-state index < -0.39 is 0 Å². The zero-order chi connectivity index (χ0) is 76.1. The van der Waals surface area contributed by atoms with Crippen LogP contribution < -0.4 is 4.74 Å². The summed E-state index contributed by atoms with van der Waals surface area (Å²) < 4.78 is 13.5. The van der Waals surface area contributed by atoms with Gasteiger partial charge in [0.1, 0.15) is 5.75 Å². The van der Waals surface area contributed by atoms with Gasteiger partial charge in [0.15, 0.2) is 0 Å². The quantitative estimate of drug-likeness (QED) is 0.0357. The predicted octanol–water partition coefficient (Wildman–Crippen LogP) is 33.4. The van der Waals surface area contributed by atoms with E-state index in [0.29, 0.717) is 11.8 Å². The SMILES string of the molecule is CCCCCCCCOc1ccc(-c2nnc(-c3cc4c(cc3-c3ccc5c(c3)C(CCCCCCCC)(CCCCCCCC)c3cc(C)ccc3-5)C(CCCCCCCC)(CCCCCCCC)c3cc(-c5ccc6c(c5)C(CCCCCCCC)(CCCCCCCC)c5cc(C)ccc5-6)ccc3-4)o2)cc1. The van der Waals surface area contributed by atoms with Crippen molar-refractivity contribution in [3.8, 4) is 84.3 Å². The van der Waals surface area contributed by atoms with Crippen LogP contribution in [-0.2, 0) is 16.2 Å². The number of hydrogen-bond donors (Lipinski definition) is 0. The molecule has 0 saturated carbocycles. The highest BCUT2D eigenvalue weighted by atomic mass is 16.5. The topological polar surface area (TPSA) is 48.2 Å². The van der Waals surface area contributed by atoms with Crippen molar-refractivity contribution in [3.05, 3.63) is 172 Å². The lowest BCUT2D eigenvalue weighted by atomic mass is 9.69. The Morgan fingerprint density at radius 1 is 0.239 bits per heavy atom. The average Bonchev–Trinajstić information content (AvgIpc) is 1.56. The number of ether oxygens (including phenoxy) is 1. The van der Waals surface area contributed by atoms with Crippen LogP contribution in [0.3, 0.4) is 0 Å². The maximum absolute atomic E-state index is 7.20. The number of aryl methyl sites for hydroxylation is 2. The van der Waals surface area contributed by atoms with Gasteiger partial charge in [-0.15, -0.1) is 10.2 Å². The van der Waals surface area contributed by atoms with E-state index in [2.05, 4.69) is 190 Å². The molecule has 0 unspecified atom stereocenters. The number of hydrogen-bond acceptors (Lipinski definition) is 4. The number of aromatic nitrogens is 2. The van der Waals surface area contributed by atoms with E-state index in [4.69, 9.17) is 19.4 Å². The number of unbranched alkanes of at least 4 members (excludes halogenated alkanes) is 35. The third-order valence-electron chi connectivity index (χ3n) is 26.4. The minimum atomic E-state index is -0.198. The smallest absolute Gasteiger partial charge is 0.248 e. The summed E-state index contributed by atoms with van der Waals surface area (Å²) in [4.78, 5) is 0. The first-order valence-corrected chi connectivity index (χ1v) is 46.0. The van der Waals surface area contributed by atoms with Crippen LogP contribution in [0.2, 0.25) is 0 Å². The Morgan fingerprint density at radius 2 is 0.523 bits per heavy atom. The van der Waals surface area contributed by atoms with Crippen molar-refractivity contribution < 1.29 is 9.15 Å². The predicted molar refractivity (Wildman–Crippen MR) is 471 cm³/mol. The van der Waals surface area contributed by atoms with Gasteiger partial charge in [0, 0.05) is 27.4 Å². The Hall–Kier alpha value is -6.52. The summed E-state index contributed by atoms with van der Waals surface area (Å²) in [6.45, 7) is 21.8. The first-order chi connectivity index (χ1) is 53.6. The average molecular weight is 1470 g/mol. The Morgan fingerprint density at radius 3 is 0.899 bits per heavy atom. The monoisotopic (exact) mass is 1470 g/mol. The molecule has 588 valence electrons. The molecule has 0 atom stereocenters. The first-order valence-electron chi connectivity index (χ1n) is 46.0. The molecule has 8 aromatic rings. The molecular formula is C105H146N2O2. The lowest BCUT2D eigenvalue weighted by molar-refractivity contribution is 0.304. The number of nitrogens with zero attached hydrogens (tertiary/aromatic N) is 2. The van der Waals surface area contributed by atoms with Crippen LogP contribution in [0.15, 0.2) is 132 Å². The summed E-state index contributed by atoms with van der Waals surface area (Å²) in [7, 11) is 0. The van der Waals surface area contributed by atoms with E-state index in [1.807, 2.05) is 0 Å². The fourth-order valence-corrected chi connectivity index (χ4v) is 20.1. The molecule has 7 aromatic carbocycles. The van der Waals surface area contributed by atoms with Crippen molar-refractivity contribution in [2.24, 2.45) is 0 Å². The van der Waals surface area contributed by atoms with Crippen LogP contribution >= 0.6 is 0 Å². The summed E-state index contributed by atoms with van der Waals surface area (Å²) in [5.74, 6) is 2.02. The number of fused-ring (bicyclic) bond motifs is 9. The highest BCUT2D eigenvalue weighted by molar-refractivity contribution is 5.94. The lowest BCUT2D eigenvalue weighted by Crippen LogP contribution is -2.26. The van der Waals surface area contributed by atoms with Crippen molar-refractivity contribution >= 4 is 0 Å². The zero-order valence-electron chi connectivity index (χ0n) is 70.5. The molecule has 4 heteroatoms. The molecule has 0 N–H and O–H groups in total. The molecule has 0 aliphatic heterocycles. The highest BCUT2D eigenvalue weighted by Gasteiger charge is 2.47. The molecule has 0 fully saturated rings. The molecule has 4 nitrogen and oxygen atoms in total. The van der Waals surface area contributed by atoms with Gasteiger partial charge in [-0.2, -0.15) is 0 Å². The summed E-state index contributed by atoms with van der Waals surface area (Å²) in [6, 6.07) is 52.1. The van der Waals surface area contributed by atoms with Crippen LogP contribution in [0.4, 0.5) is 0 Å². The largest absolute Gasteiger partial charge is 0.494 e. The van der Waals surface area contributed by atoms with Gasteiger partial charge >= 0.3 is 0 Å². The van der Waals surface area contributed by atoms with Gasteiger partial charge in [0.05, 0.1) is 6.61 Å². The fourth-order valence-electron chi connectivity index (χ4n) is 20.1. The molecule has 11 rings (SSSR count). The van der Waals surface area contributed by atoms with Crippen LogP contribution in [0.1, 0.15) is 401 Å². The molecule has 0 amide bonds. The van der Waals surface area contributed by atoms with E-state index in [1.54, 1.807) is 16.7 Å². The third-order valence-corrected chi connectivity index (χ3v) is 26.4. The minimum absolute atomic E-state index is 0.00214. The van der Waals surface area contributed by atoms with Gasteiger partial charge in [-0.25, -0.2) is 0 Å². The molecule has 1 aromatic heterocycles. The highest BCUT2D eigenvalue weighted by Crippen LogP contribution is 2.61. The lowest BCUT2D eigenvalue weighted by Gasteiger charge is -2.34. The Kier molecular flexibility index (Phi) is 32.9. The van der Waals surface area contributed by atoms with Crippen LogP contribution in [0.25, 0.3) is 78.5 Å². The maximum Gasteiger partial charge on any atom is 0.248 e. The molecule has 0 radical (unpaired) electrons. The second kappa shape index (κ2) is 42.9. The maximum atomic E-state index is 7.20. The van der Waals surface area contributed by atoms with E-state index in [1.165, 1.54) is 372 Å². The summed E-state index contributed by atoms with van der Waals surface area (Å²) in [5, 5.41) is 10.2. The fraction of sp³-hybridized carbons (Fsp3) is 0.581. The standard InChI is InChI=1S/C105H146N2O2/c1-10-17-24-31-38-45-66-103(67-46-39-32-25-18-11-2)95-73-80(8)52-61-87(95)89-63-56-83(75-97(89)103)84-57-64-91-93-78-94(102-107-106-101(109-102)82-54-59-86(60-55-82)108-72-51-44-37-30-23-16-7)92(79-100(93)105(98(91)76-84,70-49-42-35-28-21-14-5)71-50-43-36-29-22-15-6)85-58-65-90-88-62-53-81(9)74-96(88)104(99(90)77-85,68-47-40-33-26-19-12-3)69-48-41-34-27-20-13-4/h52-65,73-79H,10-51,66-72H2,1-9H3. The summed E-state index contributed by atoms with van der Waals surface area (Å²) in [5.41, 5.74) is 27.6. The van der Waals surface area contributed by atoms with Gasteiger partial charge in [0.25, 0.3) is 0 Å². The van der Waals surface area contributed by atoms with E-state index in [0.717, 1.165) is 42.7 Å². The number of rotatable bonds is 54. The molecule has 0 spiro atoms. The van der Waals surface area contributed by atoms with Crippen LogP contribution in [0, 0.1) is 13.8 Å². The van der Waals surface area contributed by atoms with Crippen molar-refractivity contribution in [2.75, 3.05) is 6.61 Å². The second-order valence-corrected chi connectivity index (χ2v) is 34.7. The van der Waals surface area contributed by atoms with Crippen LogP contribution in [0.5, 0.6) is 5.75 Å². The molecule has 3 aliphatic rings.